The van der Waals surface area contributed by atoms with Crippen LogP contribution in [-0.2, 0) is 4.79 Å². The van der Waals surface area contributed by atoms with E-state index >= 15 is 0 Å². The third-order valence-electron chi connectivity index (χ3n) is 3.81. The highest BCUT2D eigenvalue weighted by molar-refractivity contribution is 9.10. The average Bonchev–Trinajstić information content (AvgIpc) is 2.36. The van der Waals surface area contributed by atoms with E-state index < -0.39 is 4.92 Å². The molecule has 0 atom stereocenters. The molecule has 0 heterocycles. The standard InChI is InChI=1S/C13H16BrN3O3/c14-10-3-2-9(6-11(10)17(19)20)16-12(18)7-13(8-15)4-1-5-13/h2-3,6H,1,4-5,7-8,15H2,(H,16,18). The van der Waals surface area contributed by atoms with Crippen molar-refractivity contribution >= 4 is 33.2 Å². The highest BCUT2D eigenvalue weighted by Crippen LogP contribution is 2.43. The van der Waals surface area contributed by atoms with Crippen LogP contribution in [0.25, 0.3) is 0 Å². The summed E-state index contributed by atoms with van der Waals surface area (Å²) < 4.78 is 0.387. The molecule has 1 fully saturated rings. The largest absolute Gasteiger partial charge is 0.330 e. The van der Waals surface area contributed by atoms with E-state index in [1.54, 1.807) is 12.1 Å². The number of hydrogen-bond acceptors (Lipinski definition) is 4. The third kappa shape index (κ3) is 3.16. The Balaban J connectivity index is 2.04. The normalized spacial score (nSPS) is 16.3. The summed E-state index contributed by atoms with van der Waals surface area (Å²) in [6, 6.07) is 4.53. The number of nitro groups is 1. The monoisotopic (exact) mass is 341 g/mol. The van der Waals surface area contributed by atoms with Gasteiger partial charge in [0, 0.05) is 18.2 Å². The van der Waals surface area contributed by atoms with Gasteiger partial charge in [-0.25, -0.2) is 0 Å². The van der Waals surface area contributed by atoms with Crippen LogP contribution in [-0.4, -0.2) is 17.4 Å². The Hall–Kier alpha value is -1.47. The molecule has 108 valence electrons. The van der Waals surface area contributed by atoms with Crippen LogP contribution >= 0.6 is 15.9 Å². The molecule has 3 N–H and O–H groups in total. The predicted molar refractivity (Wildman–Crippen MR) is 79.4 cm³/mol. The van der Waals surface area contributed by atoms with Gasteiger partial charge in [0.25, 0.3) is 5.69 Å². The fraction of sp³-hybridized carbons (Fsp3) is 0.462. The van der Waals surface area contributed by atoms with Gasteiger partial charge in [0.2, 0.25) is 5.91 Å². The van der Waals surface area contributed by atoms with Crippen molar-refractivity contribution in [2.75, 3.05) is 11.9 Å². The molecule has 1 aromatic rings. The molecule has 0 radical (unpaired) electrons. The molecule has 2 rings (SSSR count). The molecule has 7 heteroatoms. The maximum absolute atomic E-state index is 12.0. The number of amides is 1. The van der Waals surface area contributed by atoms with Gasteiger partial charge in [0.05, 0.1) is 9.40 Å². The van der Waals surface area contributed by atoms with Gasteiger partial charge in [0.15, 0.2) is 0 Å². The van der Waals surface area contributed by atoms with Crippen molar-refractivity contribution in [3.8, 4) is 0 Å². The Morgan fingerprint density at radius 2 is 2.20 bits per heavy atom. The predicted octanol–water partition coefficient (Wildman–Crippen LogP) is 2.81. The van der Waals surface area contributed by atoms with Crippen LogP contribution in [0.5, 0.6) is 0 Å². The van der Waals surface area contributed by atoms with Gasteiger partial charge in [-0.15, -0.1) is 0 Å². The zero-order chi connectivity index (χ0) is 14.8. The molecular weight excluding hydrogens is 326 g/mol. The second kappa shape index (κ2) is 5.88. The van der Waals surface area contributed by atoms with Crippen LogP contribution in [0.1, 0.15) is 25.7 Å². The number of nitro benzene ring substituents is 1. The van der Waals surface area contributed by atoms with E-state index in [-0.39, 0.29) is 17.0 Å². The minimum Gasteiger partial charge on any atom is -0.330 e. The fourth-order valence-corrected chi connectivity index (χ4v) is 2.80. The molecule has 1 aromatic carbocycles. The third-order valence-corrected chi connectivity index (χ3v) is 4.48. The van der Waals surface area contributed by atoms with Crippen molar-refractivity contribution in [1.82, 2.24) is 0 Å². The van der Waals surface area contributed by atoms with E-state index in [1.807, 2.05) is 0 Å². The molecule has 6 nitrogen and oxygen atoms in total. The average molecular weight is 342 g/mol. The van der Waals surface area contributed by atoms with E-state index in [0.29, 0.717) is 23.1 Å². The molecular formula is C13H16BrN3O3. The quantitative estimate of drug-likeness (QED) is 0.635. The number of nitrogens with zero attached hydrogens (tertiary/aromatic N) is 1. The van der Waals surface area contributed by atoms with Crippen molar-refractivity contribution < 1.29 is 9.72 Å². The minimum absolute atomic E-state index is 0.0695. The van der Waals surface area contributed by atoms with Crippen molar-refractivity contribution in [1.29, 1.82) is 0 Å². The van der Waals surface area contributed by atoms with Gasteiger partial charge in [0.1, 0.15) is 0 Å². The molecule has 1 saturated carbocycles. The smallest absolute Gasteiger partial charge is 0.285 e. The number of nitrogens with one attached hydrogen (secondary N) is 1. The SMILES string of the molecule is NCC1(CC(=O)Nc2ccc(Br)c([N+](=O)[O-])c2)CCC1. The van der Waals surface area contributed by atoms with E-state index in [4.69, 9.17) is 5.73 Å². The highest BCUT2D eigenvalue weighted by Gasteiger charge is 2.37. The number of carbonyl (C=O) groups is 1. The number of halogens is 1. The molecule has 1 aliphatic rings. The second-order valence-corrected chi connectivity index (χ2v) is 6.06. The van der Waals surface area contributed by atoms with E-state index in [9.17, 15) is 14.9 Å². The summed E-state index contributed by atoms with van der Waals surface area (Å²) >= 11 is 3.11. The minimum atomic E-state index is -0.493. The lowest BCUT2D eigenvalue weighted by molar-refractivity contribution is -0.385. The molecule has 1 amide bonds. The van der Waals surface area contributed by atoms with Crippen LogP contribution in [0.15, 0.2) is 22.7 Å². The summed E-state index contributed by atoms with van der Waals surface area (Å²) in [5.41, 5.74) is 6.00. The van der Waals surface area contributed by atoms with Gasteiger partial charge >= 0.3 is 0 Å². The maximum atomic E-state index is 12.0. The second-order valence-electron chi connectivity index (χ2n) is 5.21. The van der Waals surface area contributed by atoms with Gasteiger partial charge in [-0.05, 0) is 52.9 Å². The molecule has 1 aliphatic carbocycles. The fourth-order valence-electron chi connectivity index (χ4n) is 2.41. The Bertz CT molecular complexity index is 538. The van der Waals surface area contributed by atoms with Crippen LogP contribution in [0.3, 0.4) is 0 Å². The maximum Gasteiger partial charge on any atom is 0.285 e. The molecule has 0 aliphatic heterocycles. The Kier molecular flexibility index (Phi) is 4.39. The van der Waals surface area contributed by atoms with Gasteiger partial charge < -0.3 is 11.1 Å². The lowest BCUT2D eigenvalue weighted by Crippen LogP contribution is -2.40. The summed E-state index contributed by atoms with van der Waals surface area (Å²) in [7, 11) is 0. The first-order valence-corrected chi connectivity index (χ1v) is 7.19. The summed E-state index contributed by atoms with van der Waals surface area (Å²) in [5, 5.41) is 13.5. The molecule has 20 heavy (non-hydrogen) atoms. The first kappa shape index (κ1) is 14.9. The zero-order valence-electron chi connectivity index (χ0n) is 10.9. The van der Waals surface area contributed by atoms with E-state index in [2.05, 4.69) is 21.2 Å². The van der Waals surface area contributed by atoms with Crippen LogP contribution < -0.4 is 11.1 Å². The highest BCUT2D eigenvalue weighted by atomic mass is 79.9. The summed E-state index contributed by atoms with van der Waals surface area (Å²) in [4.78, 5) is 22.3. The van der Waals surface area contributed by atoms with Gasteiger partial charge in [-0.3, -0.25) is 14.9 Å². The molecule has 0 bridgehead atoms. The molecule has 0 spiro atoms. The lowest BCUT2D eigenvalue weighted by atomic mass is 9.66. The number of rotatable bonds is 5. The Labute approximate surface area is 125 Å². The first-order chi connectivity index (χ1) is 9.46. The van der Waals surface area contributed by atoms with Crippen LogP contribution in [0.4, 0.5) is 11.4 Å². The van der Waals surface area contributed by atoms with Gasteiger partial charge in [-0.1, -0.05) is 6.42 Å². The van der Waals surface area contributed by atoms with Crippen molar-refractivity contribution in [2.24, 2.45) is 11.1 Å². The van der Waals surface area contributed by atoms with Crippen molar-refractivity contribution in [3.63, 3.8) is 0 Å². The Morgan fingerprint density at radius 1 is 1.50 bits per heavy atom. The summed E-state index contributed by atoms with van der Waals surface area (Å²) in [6.45, 7) is 0.501. The van der Waals surface area contributed by atoms with Crippen LogP contribution in [0, 0.1) is 15.5 Å². The van der Waals surface area contributed by atoms with Crippen molar-refractivity contribution in [3.05, 3.63) is 32.8 Å². The molecule has 0 aromatic heterocycles. The number of benzene rings is 1. The summed E-state index contributed by atoms with van der Waals surface area (Å²) in [6.07, 6.45) is 3.41. The molecule has 0 saturated heterocycles. The van der Waals surface area contributed by atoms with Gasteiger partial charge in [-0.2, -0.15) is 0 Å². The van der Waals surface area contributed by atoms with Crippen LogP contribution in [0.2, 0.25) is 0 Å². The van der Waals surface area contributed by atoms with E-state index in [1.165, 1.54) is 6.07 Å². The van der Waals surface area contributed by atoms with Crippen molar-refractivity contribution in [2.45, 2.75) is 25.7 Å². The topological polar surface area (TPSA) is 98.3 Å². The lowest BCUT2D eigenvalue weighted by Gasteiger charge is -2.40. The number of nitrogens with two attached hydrogens (primary N) is 1. The van der Waals surface area contributed by atoms with E-state index in [0.717, 1.165) is 19.3 Å². The summed E-state index contributed by atoms with van der Waals surface area (Å²) in [5.74, 6) is -0.147. The number of hydrogen-bond donors (Lipinski definition) is 2. The first-order valence-electron chi connectivity index (χ1n) is 6.40. The number of anilines is 1. The number of carbonyl (C=O) groups excluding carboxylic acids is 1. The Morgan fingerprint density at radius 3 is 2.70 bits per heavy atom. The zero-order valence-corrected chi connectivity index (χ0v) is 12.5. The molecule has 0 unspecified atom stereocenters.